The summed E-state index contributed by atoms with van der Waals surface area (Å²) in [6.45, 7) is 0. The van der Waals surface area contributed by atoms with Crippen molar-refractivity contribution in [2.45, 2.75) is 0 Å². The molecule has 0 unspecified atom stereocenters. The monoisotopic (exact) mass is 898 g/mol. The van der Waals surface area contributed by atoms with Crippen molar-refractivity contribution in [3.63, 3.8) is 0 Å². The largest absolute Gasteiger partial charge is 0.456 e. The molecule has 0 amide bonds. The first-order valence-corrected chi connectivity index (χ1v) is 23.6. The van der Waals surface area contributed by atoms with Crippen LogP contribution in [0.15, 0.2) is 248 Å². The topological polar surface area (TPSA) is 62.4 Å². The molecule has 0 atom stereocenters. The Labute approximate surface area is 399 Å². The van der Waals surface area contributed by atoms with Gasteiger partial charge >= 0.3 is 0 Å². The van der Waals surface area contributed by atoms with E-state index in [1.807, 2.05) is 30.3 Å². The van der Waals surface area contributed by atoms with Gasteiger partial charge in [-0.25, -0.2) is 0 Å². The van der Waals surface area contributed by atoms with Crippen molar-refractivity contribution < 1.29 is 17.7 Å². The third kappa shape index (κ3) is 5.62. The molecule has 0 N–H and O–H groups in total. The molecule has 0 aliphatic heterocycles. The third-order valence-electron chi connectivity index (χ3n) is 14.0. The molecule has 0 aliphatic rings. The van der Waals surface area contributed by atoms with Crippen molar-refractivity contribution in [2.75, 3.05) is 0 Å². The minimum absolute atomic E-state index is 0.882. The number of rotatable bonds is 4. The molecular weight excluding hydrogens is 861 g/mol. The van der Waals surface area contributed by atoms with Crippen molar-refractivity contribution in [3.05, 3.63) is 231 Å². The van der Waals surface area contributed by atoms with E-state index in [0.29, 0.717) is 0 Å². The van der Waals surface area contributed by atoms with Crippen molar-refractivity contribution in [1.29, 1.82) is 0 Å². The Balaban J connectivity index is 0.000000126. The molecule has 6 nitrogen and oxygen atoms in total. The number of furan rings is 4. The minimum Gasteiger partial charge on any atom is -0.456 e. The summed E-state index contributed by atoms with van der Waals surface area (Å²) in [4.78, 5) is 0. The molecule has 6 heteroatoms. The molecule has 0 radical (unpaired) electrons. The number of benzene rings is 10. The standard InChI is InChI=1S/2C32H19NO2/c1-2-10-20(11-3-1)33-25-16-6-4-12-23(25)32-31(33)30-22(15-9-19-28(30)35-32)21-14-8-18-27-29(21)24-13-5-7-17-26(24)34-27;1-2-9-21(10-3-1)33-26-14-6-4-12-24(26)32-31(33)30-22(13-8-16-29(30)35-32)20-17-18-28-25(19-20)23-11-5-7-15-27(23)34-28/h2*1-19H. The molecule has 0 saturated carbocycles. The van der Waals surface area contributed by atoms with Crippen LogP contribution in [0.1, 0.15) is 0 Å². The van der Waals surface area contributed by atoms with E-state index in [1.165, 1.54) is 0 Å². The van der Waals surface area contributed by atoms with E-state index in [1.54, 1.807) is 0 Å². The lowest BCUT2D eigenvalue weighted by molar-refractivity contribution is 0.668. The van der Waals surface area contributed by atoms with Gasteiger partial charge in [0.1, 0.15) is 44.5 Å². The molecule has 0 saturated heterocycles. The van der Waals surface area contributed by atoms with Crippen LogP contribution < -0.4 is 0 Å². The van der Waals surface area contributed by atoms with Gasteiger partial charge < -0.3 is 26.8 Å². The zero-order valence-electron chi connectivity index (χ0n) is 37.5. The van der Waals surface area contributed by atoms with Gasteiger partial charge in [0.15, 0.2) is 11.2 Å². The van der Waals surface area contributed by atoms with Crippen molar-refractivity contribution >= 4 is 110 Å². The van der Waals surface area contributed by atoms with Gasteiger partial charge in [-0.05, 0) is 113 Å². The fourth-order valence-electron chi connectivity index (χ4n) is 11.1. The van der Waals surface area contributed by atoms with E-state index < -0.39 is 0 Å². The zero-order chi connectivity index (χ0) is 45.9. The molecule has 328 valence electrons. The van der Waals surface area contributed by atoms with Crippen LogP contribution in [0.4, 0.5) is 0 Å². The quantitative estimate of drug-likeness (QED) is 0.177. The van der Waals surface area contributed by atoms with Gasteiger partial charge in [0.2, 0.25) is 0 Å². The molecule has 70 heavy (non-hydrogen) atoms. The SMILES string of the molecule is c1ccc(-n2c3ccccc3c3oc4cccc(-c5ccc6oc7ccccc7c6c5)c4c32)cc1.c1ccc(-n2c3ccccc3c3oc4cccc(-c5cccc6oc7ccccc7c56)c4c32)cc1. The van der Waals surface area contributed by atoms with Gasteiger partial charge in [0.25, 0.3) is 0 Å². The molecule has 0 aliphatic carbocycles. The van der Waals surface area contributed by atoms with Crippen LogP contribution in [0.5, 0.6) is 0 Å². The van der Waals surface area contributed by atoms with E-state index in [4.69, 9.17) is 17.7 Å². The predicted molar refractivity (Wildman–Crippen MR) is 287 cm³/mol. The van der Waals surface area contributed by atoms with Crippen molar-refractivity contribution in [3.8, 4) is 33.6 Å². The number of fused-ring (bicyclic) bond motifs is 16. The molecule has 0 fully saturated rings. The molecule has 10 aromatic carbocycles. The second-order valence-corrected chi connectivity index (χ2v) is 17.9. The molecule has 16 rings (SSSR count). The highest BCUT2D eigenvalue weighted by molar-refractivity contribution is 6.24. The highest BCUT2D eigenvalue weighted by atomic mass is 16.3. The Morgan fingerprint density at radius 3 is 1.27 bits per heavy atom. The summed E-state index contributed by atoms with van der Waals surface area (Å²) in [5.74, 6) is 0. The lowest BCUT2D eigenvalue weighted by Crippen LogP contribution is -1.93. The van der Waals surface area contributed by atoms with Crippen LogP contribution in [0.2, 0.25) is 0 Å². The molecule has 6 heterocycles. The average molecular weight is 899 g/mol. The summed E-state index contributed by atoms with van der Waals surface area (Å²) in [6, 6.07) is 79.9. The summed E-state index contributed by atoms with van der Waals surface area (Å²) >= 11 is 0. The van der Waals surface area contributed by atoms with E-state index in [0.717, 1.165) is 143 Å². The second kappa shape index (κ2) is 15.0. The highest BCUT2D eigenvalue weighted by Crippen LogP contribution is 2.47. The molecule has 0 bridgehead atoms. The van der Waals surface area contributed by atoms with Crippen LogP contribution in [0.25, 0.3) is 143 Å². The van der Waals surface area contributed by atoms with Crippen LogP contribution in [-0.4, -0.2) is 9.13 Å². The summed E-state index contributed by atoms with van der Waals surface area (Å²) < 4.78 is 30.0. The summed E-state index contributed by atoms with van der Waals surface area (Å²) in [5.41, 5.74) is 18.5. The maximum absolute atomic E-state index is 6.57. The number of aromatic nitrogens is 2. The first-order chi connectivity index (χ1) is 34.7. The number of para-hydroxylation sites is 6. The maximum atomic E-state index is 6.57. The fourth-order valence-corrected chi connectivity index (χ4v) is 11.1. The highest BCUT2D eigenvalue weighted by Gasteiger charge is 2.25. The summed E-state index contributed by atoms with van der Waals surface area (Å²) in [5, 5.41) is 8.97. The van der Waals surface area contributed by atoms with E-state index in [-0.39, 0.29) is 0 Å². The Bertz CT molecular complexity index is 4710. The lowest BCUT2D eigenvalue weighted by Gasteiger charge is -2.10. The zero-order valence-corrected chi connectivity index (χ0v) is 37.5. The van der Waals surface area contributed by atoms with E-state index >= 15 is 0 Å². The second-order valence-electron chi connectivity index (χ2n) is 17.9. The van der Waals surface area contributed by atoms with Crippen LogP contribution >= 0.6 is 0 Å². The summed E-state index contributed by atoms with van der Waals surface area (Å²) in [7, 11) is 0. The van der Waals surface area contributed by atoms with Crippen molar-refractivity contribution in [1.82, 2.24) is 9.13 Å². The predicted octanol–water partition coefficient (Wildman–Crippen LogP) is 18.2. The van der Waals surface area contributed by atoms with Gasteiger partial charge in [0.05, 0.1) is 21.8 Å². The van der Waals surface area contributed by atoms with Gasteiger partial charge in [-0.2, -0.15) is 0 Å². The third-order valence-corrected chi connectivity index (χ3v) is 14.0. The van der Waals surface area contributed by atoms with Crippen LogP contribution in [0.3, 0.4) is 0 Å². The van der Waals surface area contributed by atoms with Gasteiger partial charge in [0, 0.05) is 43.7 Å². The first-order valence-electron chi connectivity index (χ1n) is 23.6. The van der Waals surface area contributed by atoms with Crippen LogP contribution in [-0.2, 0) is 0 Å². The fraction of sp³-hybridized carbons (Fsp3) is 0. The molecule has 0 spiro atoms. The maximum Gasteiger partial charge on any atom is 0.161 e. The lowest BCUT2D eigenvalue weighted by atomic mass is 9.96. The first kappa shape index (κ1) is 38.6. The Morgan fingerprint density at radius 1 is 0.257 bits per heavy atom. The Hall–Kier alpha value is -9.52. The molecular formula is C64H38N2O4. The number of nitrogens with zero attached hydrogens (tertiary/aromatic N) is 2. The minimum atomic E-state index is 0.882. The Kier molecular flexibility index (Phi) is 8.26. The number of hydrogen-bond acceptors (Lipinski definition) is 4. The molecule has 16 aromatic rings. The summed E-state index contributed by atoms with van der Waals surface area (Å²) in [6.07, 6.45) is 0. The normalized spacial score (nSPS) is 12.0. The van der Waals surface area contributed by atoms with Gasteiger partial charge in [-0.1, -0.05) is 140 Å². The smallest absolute Gasteiger partial charge is 0.161 e. The Morgan fingerprint density at radius 2 is 0.671 bits per heavy atom. The van der Waals surface area contributed by atoms with E-state index in [2.05, 4.69) is 209 Å². The van der Waals surface area contributed by atoms with E-state index in [9.17, 15) is 0 Å². The van der Waals surface area contributed by atoms with Crippen molar-refractivity contribution in [2.24, 2.45) is 0 Å². The molecule has 6 aromatic heterocycles. The van der Waals surface area contributed by atoms with Gasteiger partial charge in [-0.3, -0.25) is 0 Å². The van der Waals surface area contributed by atoms with Gasteiger partial charge in [-0.15, -0.1) is 0 Å². The average Bonchev–Trinajstić information content (AvgIpc) is 4.28. The van der Waals surface area contributed by atoms with Crippen LogP contribution in [0, 0.1) is 0 Å². The number of hydrogen-bond donors (Lipinski definition) is 0.